The average Bonchev–Trinajstić information content (AvgIpc) is 2.87. The quantitative estimate of drug-likeness (QED) is 0.338. The Labute approximate surface area is 198 Å². The predicted octanol–water partition coefficient (Wildman–Crippen LogP) is 3.57. The van der Waals surface area contributed by atoms with Crippen molar-refractivity contribution in [1.29, 1.82) is 0 Å². The highest BCUT2D eigenvalue weighted by Crippen LogP contribution is 2.30. The third kappa shape index (κ3) is 4.47. The van der Waals surface area contributed by atoms with Gasteiger partial charge in [-0.15, -0.1) is 0 Å². The molecule has 5 rings (SSSR count). The van der Waals surface area contributed by atoms with Crippen LogP contribution in [0.3, 0.4) is 0 Å². The van der Waals surface area contributed by atoms with E-state index in [1.807, 2.05) is 24.3 Å². The van der Waals surface area contributed by atoms with Crippen LogP contribution in [0.1, 0.15) is 0 Å². The van der Waals surface area contributed by atoms with Crippen molar-refractivity contribution in [3.63, 3.8) is 0 Å². The molecule has 1 aromatic heterocycles. The highest BCUT2D eigenvalue weighted by molar-refractivity contribution is 7.99. The highest BCUT2D eigenvalue weighted by Gasteiger charge is 2.22. The highest BCUT2D eigenvalue weighted by atomic mass is 32.2. The van der Waals surface area contributed by atoms with E-state index in [9.17, 15) is 14.0 Å². The van der Waals surface area contributed by atoms with Crippen LogP contribution in [-0.2, 0) is 4.79 Å². The van der Waals surface area contributed by atoms with Gasteiger partial charge < -0.3 is 14.8 Å². The largest absolute Gasteiger partial charge is 0.486 e. The number of hydrogen-bond donors (Lipinski definition) is 1. The van der Waals surface area contributed by atoms with Gasteiger partial charge in [0.05, 0.1) is 28.9 Å². The van der Waals surface area contributed by atoms with Crippen molar-refractivity contribution in [2.45, 2.75) is 11.3 Å². The molecule has 3 aromatic carbocycles. The fraction of sp³-hybridized carbons (Fsp3) is 0.160. The summed E-state index contributed by atoms with van der Waals surface area (Å²) >= 11 is 1.06. The number of para-hydroxylation sites is 4. The first kappa shape index (κ1) is 22.0. The summed E-state index contributed by atoms with van der Waals surface area (Å²) in [5.41, 5.74) is 0.166. The van der Waals surface area contributed by atoms with Crippen molar-refractivity contribution in [3.05, 3.63) is 89.0 Å². The second kappa shape index (κ2) is 9.56. The Bertz CT molecular complexity index is 1420. The summed E-state index contributed by atoms with van der Waals surface area (Å²) in [5, 5.41) is 3.42. The molecule has 34 heavy (non-hydrogen) atoms. The number of aromatic nitrogens is 2. The van der Waals surface area contributed by atoms with Crippen LogP contribution in [0.15, 0.2) is 82.7 Å². The Kier molecular flexibility index (Phi) is 6.18. The molecule has 0 unspecified atom stereocenters. The number of fused-ring (bicyclic) bond motifs is 2. The molecule has 172 valence electrons. The third-order valence-corrected chi connectivity index (χ3v) is 6.20. The molecular weight excluding hydrogens is 457 g/mol. The van der Waals surface area contributed by atoms with E-state index < -0.39 is 11.4 Å². The summed E-state index contributed by atoms with van der Waals surface area (Å²) < 4.78 is 27.3. The van der Waals surface area contributed by atoms with Gasteiger partial charge in [0, 0.05) is 0 Å². The normalized spacial score (nSPS) is 14.7. The predicted molar refractivity (Wildman–Crippen MR) is 127 cm³/mol. The Balaban J connectivity index is 1.32. The second-order valence-corrected chi connectivity index (χ2v) is 8.54. The number of nitrogens with zero attached hydrogens (tertiary/aromatic N) is 2. The lowest BCUT2D eigenvalue weighted by Gasteiger charge is -2.26. The molecule has 0 aliphatic carbocycles. The maximum Gasteiger partial charge on any atom is 0.266 e. The number of hydrogen-bond acceptors (Lipinski definition) is 6. The van der Waals surface area contributed by atoms with Gasteiger partial charge in [-0.2, -0.15) is 0 Å². The Morgan fingerprint density at radius 1 is 1.06 bits per heavy atom. The number of nitrogens with one attached hydrogen (secondary N) is 1. The summed E-state index contributed by atoms with van der Waals surface area (Å²) in [5.74, 6) is 0.479. The van der Waals surface area contributed by atoms with Crippen molar-refractivity contribution in [3.8, 4) is 17.2 Å². The number of carbonyl (C=O) groups excluding carboxylic acids is 1. The van der Waals surface area contributed by atoms with Crippen LogP contribution >= 0.6 is 11.8 Å². The van der Waals surface area contributed by atoms with E-state index in [1.165, 1.54) is 16.7 Å². The van der Waals surface area contributed by atoms with Gasteiger partial charge in [-0.05, 0) is 36.4 Å². The fourth-order valence-electron chi connectivity index (χ4n) is 3.63. The topological polar surface area (TPSA) is 82.5 Å². The van der Waals surface area contributed by atoms with Crippen LogP contribution in [-0.4, -0.2) is 40.5 Å². The molecule has 0 fully saturated rings. The van der Waals surface area contributed by atoms with E-state index in [0.29, 0.717) is 29.0 Å². The van der Waals surface area contributed by atoms with E-state index in [0.717, 1.165) is 11.8 Å². The molecule has 4 aromatic rings. The average molecular weight is 478 g/mol. The number of benzene rings is 3. The first-order chi connectivity index (χ1) is 16.6. The van der Waals surface area contributed by atoms with Crippen LogP contribution in [0, 0.1) is 5.82 Å². The molecule has 1 aliphatic heterocycles. The zero-order valence-electron chi connectivity index (χ0n) is 17.9. The first-order valence-corrected chi connectivity index (χ1v) is 11.6. The van der Waals surface area contributed by atoms with E-state index in [1.54, 1.807) is 36.4 Å². The molecule has 1 N–H and O–H groups in total. The lowest BCUT2D eigenvalue weighted by Crippen LogP contribution is -2.41. The number of halogens is 1. The summed E-state index contributed by atoms with van der Waals surface area (Å²) in [6.45, 7) is 0.586. The van der Waals surface area contributed by atoms with Gasteiger partial charge in [0.1, 0.15) is 18.5 Å². The smallest absolute Gasteiger partial charge is 0.266 e. The van der Waals surface area contributed by atoms with Gasteiger partial charge >= 0.3 is 0 Å². The summed E-state index contributed by atoms with van der Waals surface area (Å²) in [6, 6.07) is 20.2. The number of thioether (sulfide) groups is 1. The van der Waals surface area contributed by atoms with Gasteiger partial charge in [0.2, 0.25) is 5.91 Å². The molecule has 1 amide bonds. The van der Waals surface area contributed by atoms with Crippen molar-refractivity contribution in [2.24, 2.45) is 0 Å². The van der Waals surface area contributed by atoms with Gasteiger partial charge in [0.15, 0.2) is 16.7 Å². The summed E-state index contributed by atoms with van der Waals surface area (Å²) in [7, 11) is 0. The Hall–Kier alpha value is -3.85. The molecule has 0 bridgehead atoms. The monoisotopic (exact) mass is 477 g/mol. The molecule has 0 radical (unpaired) electrons. The van der Waals surface area contributed by atoms with Gasteiger partial charge in [-0.1, -0.05) is 48.2 Å². The zero-order valence-corrected chi connectivity index (χ0v) is 18.8. The van der Waals surface area contributed by atoms with Gasteiger partial charge in [0.25, 0.3) is 5.56 Å². The first-order valence-electron chi connectivity index (χ1n) is 10.6. The van der Waals surface area contributed by atoms with Crippen molar-refractivity contribution in [1.82, 2.24) is 14.9 Å². The molecule has 9 heteroatoms. The number of rotatable bonds is 6. The fourth-order valence-corrected chi connectivity index (χ4v) is 4.46. The summed E-state index contributed by atoms with van der Waals surface area (Å²) in [6.07, 6.45) is -0.320. The van der Waals surface area contributed by atoms with E-state index in [4.69, 9.17) is 9.47 Å². The van der Waals surface area contributed by atoms with E-state index in [2.05, 4.69) is 10.3 Å². The zero-order chi connectivity index (χ0) is 23.5. The molecule has 0 saturated carbocycles. The Morgan fingerprint density at radius 3 is 2.65 bits per heavy atom. The molecular formula is C25H20FN3O4S. The van der Waals surface area contributed by atoms with Gasteiger partial charge in [-0.25, -0.2) is 9.37 Å². The number of amides is 1. The summed E-state index contributed by atoms with van der Waals surface area (Å²) in [4.78, 5) is 30.3. The second-order valence-electron chi connectivity index (χ2n) is 7.59. The molecule has 1 atom stereocenters. The van der Waals surface area contributed by atoms with Crippen LogP contribution in [0.2, 0.25) is 0 Å². The van der Waals surface area contributed by atoms with Crippen LogP contribution in [0.5, 0.6) is 11.5 Å². The van der Waals surface area contributed by atoms with Crippen molar-refractivity contribution < 1.29 is 18.7 Å². The molecule has 0 saturated heterocycles. The Morgan fingerprint density at radius 2 is 1.79 bits per heavy atom. The molecule has 2 heterocycles. The number of ether oxygens (including phenoxy) is 2. The van der Waals surface area contributed by atoms with E-state index in [-0.39, 0.29) is 35.2 Å². The van der Waals surface area contributed by atoms with Crippen molar-refractivity contribution in [2.75, 3.05) is 18.9 Å². The molecule has 1 aliphatic rings. The lowest BCUT2D eigenvalue weighted by atomic mass is 10.2. The maximum absolute atomic E-state index is 14.6. The standard InChI is InChI=1S/C25H20FN3O4S/c26-18-8-2-4-10-20(18)29-24(31)17-7-1-3-9-19(17)28-25(29)34-15-23(30)27-13-16-14-32-21-11-5-6-12-22(21)33-16/h1-12,16H,13-15H2,(H,27,30)/t16-/m1/s1. The van der Waals surface area contributed by atoms with Gasteiger partial charge in [-0.3, -0.25) is 14.2 Å². The molecule has 0 spiro atoms. The number of carbonyl (C=O) groups is 1. The maximum atomic E-state index is 14.6. The minimum atomic E-state index is -0.553. The van der Waals surface area contributed by atoms with Crippen LogP contribution in [0.25, 0.3) is 16.6 Å². The minimum absolute atomic E-state index is 0.0105. The minimum Gasteiger partial charge on any atom is -0.486 e. The van der Waals surface area contributed by atoms with Crippen LogP contribution in [0.4, 0.5) is 4.39 Å². The van der Waals surface area contributed by atoms with Crippen molar-refractivity contribution >= 4 is 28.6 Å². The third-order valence-electron chi connectivity index (χ3n) is 5.27. The van der Waals surface area contributed by atoms with Crippen LogP contribution < -0.4 is 20.3 Å². The SMILES string of the molecule is O=C(CSc1nc2ccccc2c(=O)n1-c1ccccc1F)NC[C@@H]1COc2ccccc2O1. The lowest BCUT2D eigenvalue weighted by molar-refractivity contribution is -0.119. The van der Waals surface area contributed by atoms with E-state index >= 15 is 0 Å². The molecule has 7 nitrogen and oxygen atoms in total.